The molecular formula is C10H13N3O4. The molecule has 1 saturated heterocycles. The van der Waals surface area contributed by atoms with Gasteiger partial charge in [-0.1, -0.05) is 0 Å². The van der Waals surface area contributed by atoms with Crippen LogP contribution in [0.15, 0.2) is 12.1 Å². The number of nitro groups is 1. The molecule has 0 unspecified atom stereocenters. The van der Waals surface area contributed by atoms with E-state index in [1.807, 2.05) is 0 Å². The van der Waals surface area contributed by atoms with E-state index < -0.39 is 11.0 Å². The summed E-state index contributed by atoms with van der Waals surface area (Å²) in [4.78, 5) is 14.2. The molecule has 0 bridgehead atoms. The van der Waals surface area contributed by atoms with E-state index in [9.17, 15) is 15.2 Å². The Balaban J connectivity index is 2.12. The van der Waals surface area contributed by atoms with Crippen molar-refractivity contribution in [3.63, 3.8) is 0 Å². The quantitative estimate of drug-likeness (QED) is 0.587. The van der Waals surface area contributed by atoms with Crippen LogP contribution >= 0.6 is 0 Å². The number of pyridine rings is 1. The lowest BCUT2D eigenvalue weighted by Crippen LogP contribution is -2.32. The summed E-state index contributed by atoms with van der Waals surface area (Å²) in [5.74, 6) is 0.502. The molecule has 1 aromatic heterocycles. The zero-order chi connectivity index (χ0) is 12.4. The molecule has 0 saturated carbocycles. The molecule has 0 aliphatic carbocycles. The maximum Gasteiger partial charge on any atom is 0.290 e. The second-order valence-electron chi connectivity index (χ2n) is 3.91. The van der Waals surface area contributed by atoms with Gasteiger partial charge in [-0.25, -0.2) is 4.98 Å². The number of aryl methyl sites for hydroxylation is 1. The minimum Gasteiger partial charge on any atom is -0.388 e. The summed E-state index contributed by atoms with van der Waals surface area (Å²) < 4.78 is 5.09. The largest absolute Gasteiger partial charge is 0.388 e. The van der Waals surface area contributed by atoms with Crippen LogP contribution in [-0.2, 0) is 4.74 Å². The number of hydrogen-bond donors (Lipinski definition) is 2. The van der Waals surface area contributed by atoms with Gasteiger partial charge in [0.1, 0.15) is 11.5 Å². The van der Waals surface area contributed by atoms with Gasteiger partial charge in [0.2, 0.25) is 0 Å². The van der Waals surface area contributed by atoms with Crippen molar-refractivity contribution in [1.82, 2.24) is 4.98 Å². The molecular weight excluding hydrogens is 226 g/mol. The van der Waals surface area contributed by atoms with Gasteiger partial charge in [-0.3, -0.25) is 10.1 Å². The number of rotatable bonds is 3. The second-order valence-corrected chi connectivity index (χ2v) is 3.91. The maximum absolute atomic E-state index is 10.6. The molecule has 0 amide bonds. The second kappa shape index (κ2) is 4.64. The molecule has 17 heavy (non-hydrogen) atoms. The molecule has 2 heterocycles. The summed E-state index contributed by atoms with van der Waals surface area (Å²) >= 11 is 0. The van der Waals surface area contributed by atoms with Crippen LogP contribution < -0.4 is 5.32 Å². The molecule has 0 spiro atoms. The Bertz CT molecular complexity index is 438. The fourth-order valence-electron chi connectivity index (χ4n) is 1.70. The number of aliphatic hydroxyl groups is 1. The van der Waals surface area contributed by atoms with Crippen LogP contribution in [-0.4, -0.2) is 40.4 Å². The third-order valence-electron chi connectivity index (χ3n) is 2.64. The van der Waals surface area contributed by atoms with Gasteiger partial charge in [0.15, 0.2) is 0 Å². The third-order valence-corrected chi connectivity index (χ3v) is 2.64. The fourth-order valence-corrected chi connectivity index (χ4v) is 1.70. The summed E-state index contributed by atoms with van der Waals surface area (Å²) in [6.07, 6.45) is -0.577. The molecule has 2 rings (SSSR count). The number of aromatic nitrogens is 1. The predicted molar refractivity (Wildman–Crippen MR) is 59.9 cm³/mol. The first-order valence-electron chi connectivity index (χ1n) is 5.22. The van der Waals surface area contributed by atoms with Gasteiger partial charge in [0.25, 0.3) is 5.69 Å². The normalized spacial score (nSPS) is 23.6. The number of aliphatic hydroxyl groups excluding tert-OH is 1. The molecule has 92 valence electrons. The Kier molecular flexibility index (Phi) is 3.21. The number of ether oxygens (including phenoxy) is 1. The van der Waals surface area contributed by atoms with Crippen molar-refractivity contribution >= 4 is 11.5 Å². The molecule has 1 aliphatic rings. The minimum atomic E-state index is -0.577. The molecule has 0 aromatic carbocycles. The highest BCUT2D eigenvalue weighted by Gasteiger charge is 2.26. The van der Waals surface area contributed by atoms with Gasteiger partial charge >= 0.3 is 0 Å². The zero-order valence-corrected chi connectivity index (χ0v) is 9.29. The van der Waals surface area contributed by atoms with Crippen molar-refractivity contribution in [2.24, 2.45) is 0 Å². The average Bonchev–Trinajstić information content (AvgIpc) is 2.64. The van der Waals surface area contributed by atoms with Crippen LogP contribution in [0.5, 0.6) is 0 Å². The first kappa shape index (κ1) is 11.7. The topological polar surface area (TPSA) is 97.5 Å². The number of anilines is 1. The van der Waals surface area contributed by atoms with Crippen molar-refractivity contribution in [1.29, 1.82) is 0 Å². The minimum absolute atomic E-state index is 0.0150. The van der Waals surface area contributed by atoms with Crippen LogP contribution in [0, 0.1) is 17.0 Å². The summed E-state index contributed by atoms with van der Waals surface area (Å²) in [7, 11) is 0. The zero-order valence-electron chi connectivity index (χ0n) is 9.29. The average molecular weight is 239 g/mol. The van der Waals surface area contributed by atoms with Crippen LogP contribution in [0.1, 0.15) is 5.69 Å². The molecule has 7 nitrogen and oxygen atoms in total. The predicted octanol–water partition coefficient (Wildman–Crippen LogP) is 0.470. The van der Waals surface area contributed by atoms with E-state index >= 15 is 0 Å². The summed E-state index contributed by atoms with van der Waals surface area (Å²) in [5.41, 5.74) is 0.326. The van der Waals surface area contributed by atoms with Crippen molar-refractivity contribution in [3.05, 3.63) is 27.9 Å². The highest BCUT2D eigenvalue weighted by molar-refractivity contribution is 5.45. The Hall–Kier alpha value is -1.73. The van der Waals surface area contributed by atoms with E-state index in [2.05, 4.69) is 10.3 Å². The standard InChI is InChI=1S/C10H13N3O4/c1-6-8(13(15)16)2-3-10(11-6)12-7-4-17-5-9(7)14/h2-3,7,9,14H,4-5H2,1H3,(H,11,12)/t7-,9-/m1/s1. The highest BCUT2D eigenvalue weighted by atomic mass is 16.6. The number of nitrogens with zero attached hydrogens (tertiary/aromatic N) is 2. The van der Waals surface area contributed by atoms with E-state index in [0.717, 1.165) is 0 Å². The monoisotopic (exact) mass is 239 g/mol. The fraction of sp³-hybridized carbons (Fsp3) is 0.500. The van der Waals surface area contributed by atoms with Crippen molar-refractivity contribution in [3.8, 4) is 0 Å². The lowest BCUT2D eigenvalue weighted by Gasteiger charge is -2.15. The Morgan fingerprint density at radius 2 is 2.35 bits per heavy atom. The van der Waals surface area contributed by atoms with Gasteiger partial charge in [-0.15, -0.1) is 0 Å². The smallest absolute Gasteiger partial charge is 0.290 e. The third kappa shape index (κ3) is 2.51. The Labute approximate surface area is 97.6 Å². The van der Waals surface area contributed by atoms with E-state index in [1.165, 1.54) is 12.1 Å². The van der Waals surface area contributed by atoms with Crippen LogP contribution in [0.4, 0.5) is 11.5 Å². The Morgan fingerprint density at radius 1 is 1.59 bits per heavy atom. The lowest BCUT2D eigenvalue weighted by molar-refractivity contribution is -0.385. The van der Waals surface area contributed by atoms with Crippen molar-refractivity contribution in [2.75, 3.05) is 18.5 Å². The SMILES string of the molecule is Cc1nc(N[C@@H]2COC[C@H]2O)ccc1[N+](=O)[O-]. The summed E-state index contributed by atoms with van der Waals surface area (Å²) in [5, 5.41) is 23.1. The van der Waals surface area contributed by atoms with E-state index in [1.54, 1.807) is 6.92 Å². The maximum atomic E-state index is 10.6. The first-order chi connectivity index (χ1) is 8.08. The van der Waals surface area contributed by atoms with Crippen LogP contribution in [0.3, 0.4) is 0 Å². The molecule has 1 aromatic rings. The van der Waals surface area contributed by atoms with E-state index in [-0.39, 0.29) is 11.7 Å². The Morgan fingerprint density at radius 3 is 2.88 bits per heavy atom. The van der Waals surface area contributed by atoms with E-state index in [4.69, 9.17) is 4.74 Å². The molecule has 0 radical (unpaired) electrons. The number of nitrogens with one attached hydrogen (secondary N) is 1. The van der Waals surface area contributed by atoms with Gasteiger partial charge in [0, 0.05) is 6.07 Å². The molecule has 2 N–H and O–H groups in total. The van der Waals surface area contributed by atoms with Gasteiger partial charge < -0.3 is 15.2 Å². The molecule has 1 fully saturated rings. The highest BCUT2D eigenvalue weighted by Crippen LogP contribution is 2.19. The van der Waals surface area contributed by atoms with Crippen molar-refractivity contribution < 1.29 is 14.8 Å². The molecule has 2 atom stereocenters. The van der Waals surface area contributed by atoms with Gasteiger partial charge in [-0.05, 0) is 13.0 Å². The van der Waals surface area contributed by atoms with E-state index in [0.29, 0.717) is 24.7 Å². The lowest BCUT2D eigenvalue weighted by atomic mass is 10.2. The van der Waals surface area contributed by atoms with Crippen LogP contribution in [0.2, 0.25) is 0 Å². The summed E-state index contributed by atoms with van der Waals surface area (Å²) in [6, 6.07) is 2.70. The molecule has 7 heteroatoms. The molecule has 1 aliphatic heterocycles. The summed E-state index contributed by atoms with van der Waals surface area (Å²) in [6.45, 7) is 2.27. The van der Waals surface area contributed by atoms with Gasteiger partial charge in [-0.2, -0.15) is 0 Å². The first-order valence-corrected chi connectivity index (χ1v) is 5.22. The van der Waals surface area contributed by atoms with Gasteiger partial charge in [0.05, 0.1) is 30.3 Å². The van der Waals surface area contributed by atoms with Crippen LogP contribution in [0.25, 0.3) is 0 Å². The number of hydrogen-bond acceptors (Lipinski definition) is 6. The van der Waals surface area contributed by atoms with Crippen molar-refractivity contribution in [2.45, 2.75) is 19.1 Å².